The number of unbranched alkanes of at least 4 members (excludes halogenated alkanes) is 2. The monoisotopic (exact) mass is 195 g/mol. The summed E-state index contributed by atoms with van der Waals surface area (Å²) in [6.07, 6.45) is 4.41. The number of hydrogen-bond acceptors (Lipinski definition) is 1. The zero-order chi connectivity index (χ0) is 10.4. The molecule has 0 spiro atoms. The first-order valence-corrected chi connectivity index (χ1v) is 5.19. The molecular weight excluding hydrogens is 177 g/mol. The third-order valence-electron chi connectivity index (χ3n) is 2.39. The first-order valence-electron chi connectivity index (χ1n) is 5.19. The second-order valence-electron chi connectivity index (χ2n) is 3.68. The van der Waals surface area contributed by atoms with Crippen molar-refractivity contribution in [1.82, 2.24) is 0 Å². The van der Waals surface area contributed by atoms with E-state index in [1.54, 1.807) is 13.0 Å². The highest BCUT2D eigenvalue weighted by Gasteiger charge is 1.98. The van der Waals surface area contributed by atoms with Crippen molar-refractivity contribution >= 4 is 0 Å². The molecule has 0 amide bonds. The molecule has 0 fully saturated rings. The zero-order valence-corrected chi connectivity index (χ0v) is 8.72. The van der Waals surface area contributed by atoms with Gasteiger partial charge in [0.1, 0.15) is 5.82 Å². The summed E-state index contributed by atoms with van der Waals surface area (Å²) in [5.74, 6) is -0.115. The molecule has 1 aromatic carbocycles. The van der Waals surface area contributed by atoms with E-state index in [9.17, 15) is 4.39 Å². The maximum absolute atomic E-state index is 12.9. The Balaban J connectivity index is 2.39. The molecule has 0 saturated carbocycles. The van der Waals surface area contributed by atoms with Gasteiger partial charge >= 0.3 is 0 Å². The van der Waals surface area contributed by atoms with Crippen LogP contribution in [0, 0.1) is 12.7 Å². The van der Waals surface area contributed by atoms with Gasteiger partial charge in [0.05, 0.1) is 0 Å². The van der Waals surface area contributed by atoms with E-state index in [-0.39, 0.29) is 5.82 Å². The van der Waals surface area contributed by atoms with E-state index >= 15 is 0 Å². The summed E-state index contributed by atoms with van der Waals surface area (Å²) in [5, 5.41) is 0. The van der Waals surface area contributed by atoms with Crippen LogP contribution in [0.5, 0.6) is 0 Å². The van der Waals surface area contributed by atoms with Gasteiger partial charge in [-0.1, -0.05) is 18.6 Å². The molecule has 1 aromatic rings. The molecule has 0 radical (unpaired) electrons. The summed E-state index contributed by atoms with van der Waals surface area (Å²) in [7, 11) is 0. The standard InChI is InChI=1S/C12H18FN/c1-10-9-11(6-7-12(10)13)5-3-2-4-8-14/h6-7,9H,2-5,8,14H2,1H3. The molecule has 1 nitrogen and oxygen atoms in total. The molecule has 0 atom stereocenters. The van der Waals surface area contributed by atoms with Crippen LogP contribution < -0.4 is 5.73 Å². The molecule has 0 bridgehead atoms. The molecule has 0 unspecified atom stereocenters. The van der Waals surface area contributed by atoms with Gasteiger partial charge in [-0.2, -0.15) is 0 Å². The van der Waals surface area contributed by atoms with Crippen LogP contribution in [0.3, 0.4) is 0 Å². The summed E-state index contributed by atoms with van der Waals surface area (Å²) < 4.78 is 12.9. The Kier molecular flexibility index (Phi) is 4.60. The Labute approximate surface area is 85.1 Å². The lowest BCUT2D eigenvalue weighted by molar-refractivity contribution is 0.616. The second kappa shape index (κ2) is 5.76. The first-order chi connectivity index (χ1) is 6.74. The Morgan fingerprint density at radius 1 is 1.21 bits per heavy atom. The van der Waals surface area contributed by atoms with Gasteiger partial charge in [0.2, 0.25) is 0 Å². The molecule has 2 heteroatoms. The van der Waals surface area contributed by atoms with E-state index in [1.807, 2.05) is 12.1 Å². The Hall–Kier alpha value is -0.890. The Morgan fingerprint density at radius 3 is 2.64 bits per heavy atom. The van der Waals surface area contributed by atoms with Crippen LogP contribution in [0.4, 0.5) is 4.39 Å². The van der Waals surface area contributed by atoms with Crippen molar-refractivity contribution in [3.63, 3.8) is 0 Å². The maximum atomic E-state index is 12.9. The Bertz CT molecular complexity index is 284. The van der Waals surface area contributed by atoms with Crippen LogP contribution in [0.2, 0.25) is 0 Å². The van der Waals surface area contributed by atoms with Crippen molar-refractivity contribution < 1.29 is 4.39 Å². The second-order valence-corrected chi connectivity index (χ2v) is 3.68. The van der Waals surface area contributed by atoms with Gasteiger partial charge in [0, 0.05) is 0 Å². The van der Waals surface area contributed by atoms with Gasteiger partial charge in [-0.25, -0.2) is 4.39 Å². The smallest absolute Gasteiger partial charge is 0.126 e. The van der Waals surface area contributed by atoms with E-state index < -0.39 is 0 Å². The molecule has 2 N–H and O–H groups in total. The SMILES string of the molecule is Cc1cc(CCCCCN)ccc1F. The lowest BCUT2D eigenvalue weighted by atomic mass is 10.0. The van der Waals surface area contributed by atoms with E-state index in [0.29, 0.717) is 0 Å². The fourth-order valence-corrected chi connectivity index (χ4v) is 1.51. The van der Waals surface area contributed by atoms with Crippen molar-refractivity contribution in [1.29, 1.82) is 0 Å². The predicted molar refractivity (Wildman–Crippen MR) is 57.7 cm³/mol. The topological polar surface area (TPSA) is 26.0 Å². The van der Waals surface area contributed by atoms with Gasteiger partial charge in [0.25, 0.3) is 0 Å². The number of hydrogen-bond donors (Lipinski definition) is 1. The van der Waals surface area contributed by atoms with Crippen LogP contribution in [0.1, 0.15) is 30.4 Å². The lowest BCUT2D eigenvalue weighted by Crippen LogP contribution is -1.98. The third kappa shape index (κ3) is 3.46. The number of benzene rings is 1. The van der Waals surface area contributed by atoms with Gasteiger partial charge in [-0.3, -0.25) is 0 Å². The van der Waals surface area contributed by atoms with Crippen LogP contribution in [-0.4, -0.2) is 6.54 Å². The highest BCUT2D eigenvalue weighted by Crippen LogP contribution is 2.11. The fraction of sp³-hybridized carbons (Fsp3) is 0.500. The van der Waals surface area contributed by atoms with E-state index in [0.717, 1.165) is 37.8 Å². The van der Waals surface area contributed by atoms with Crippen molar-refractivity contribution in [2.45, 2.75) is 32.6 Å². The molecule has 0 aliphatic rings. The van der Waals surface area contributed by atoms with Crippen LogP contribution in [0.25, 0.3) is 0 Å². The molecule has 1 rings (SSSR count). The Morgan fingerprint density at radius 2 is 2.00 bits per heavy atom. The summed E-state index contributed by atoms with van der Waals surface area (Å²) in [6, 6.07) is 5.34. The first kappa shape index (κ1) is 11.2. The van der Waals surface area contributed by atoms with Crippen LogP contribution in [-0.2, 0) is 6.42 Å². The van der Waals surface area contributed by atoms with Crippen LogP contribution >= 0.6 is 0 Å². The normalized spacial score (nSPS) is 10.5. The number of halogens is 1. The summed E-state index contributed by atoms with van der Waals surface area (Å²) in [4.78, 5) is 0. The molecule has 0 aromatic heterocycles. The fourth-order valence-electron chi connectivity index (χ4n) is 1.51. The molecule has 14 heavy (non-hydrogen) atoms. The van der Waals surface area contributed by atoms with E-state index in [1.165, 1.54) is 5.56 Å². The molecule has 0 aliphatic heterocycles. The van der Waals surface area contributed by atoms with Crippen LogP contribution in [0.15, 0.2) is 18.2 Å². The van der Waals surface area contributed by atoms with Gasteiger partial charge in [0.15, 0.2) is 0 Å². The van der Waals surface area contributed by atoms with Gasteiger partial charge in [-0.05, 0) is 49.9 Å². The predicted octanol–water partition coefficient (Wildman–Crippen LogP) is 2.81. The van der Waals surface area contributed by atoms with Crippen molar-refractivity contribution in [2.24, 2.45) is 5.73 Å². The van der Waals surface area contributed by atoms with E-state index in [4.69, 9.17) is 5.73 Å². The van der Waals surface area contributed by atoms with Crippen molar-refractivity contribution in [3.05, 3.63) is 35.1 Å². The number of nitrogens with two attached hydrogens (primary N) is 1. The zero-order valence-electron chi connectivity index (χ0n) is 8.72. The van der Waals surface area contributed by atoms with E-state index in [2.05, 4.69) is 0 Å². The summed E-state index contributed by atoms with van der Waals surface area (Å²) >= 11 is 0. The maximum Gasteiger partial charge on any atom is 0.126 e. The molecular formula is C12H18FN. The summed E-state index contributed by atoms with van der Waals surface area (Å²) in [6.45, 7) is 2.57. The minimum Gasteiger partial charge on any atom is -0.330 e. The summed E-state index contributed by atoms with van der Waals surface area (Å²) in [5.41, 5.74) is 7.36. The van der Waals surface area contributed by atoms with Gasteiger partial charge < -0.3 is 5.73 Å². The highest BCUT2D eigenvalue weighted by atomic mass is 19.1. The average molecular weight is 195 g/mol. The third-order valence-corrected chi connectivity index (χ3v) is 2.39. The average Bonchev–Trinajstić information content (AvgIpc) is 2.18. The quantitative estimate of drug-likeness (QED) is 0.718. The van der Waals surface area contributed by atoms with Gasteiger partial charge in [-0.15, -0.1) is 0 Å². The molecule has 78 valence electrons. The molecule has 0 aliphatic carbocycles. The molecule has 0 saturated heterocycles. The van der Waals surface area contributed by atoms with Crippen molar-refractivity contribution in [3.8, 4) is 0 Å². The minimum atomic E-state index is -0.115. The number of aryl methyl sites for hydroxylation is 2. The molecule has 0 heterocycles. The number of rotatable bonds is 5. The highest BCUT2D eigenvalue weighted by molar-refractivity contribution is 5.23. The lowest BCUT2D eigenvalue weighted by Gasteiger charge is -2.03. The largest absolute Gasteiger partial charge is 0.330 e. The minimum absolute atomic E-state index is 0.115. The van der Waals surface area contributed by atoms with Crippen molar-refractivity contribution in [2.75, 3.05) is 6.54 Å².